The second kappa shape index (κ2) is 13.0. The SMILES string of the molecule is C=C(Nc1cccc(S/C(N=CC)=c2\cc(CC)c(CC)cc2=C)c1)Nc1cc(C(C)(F)F)nn1-c1ccccc1. The highest BCUT2D eigenvalue weighted by Crippen LogP contribution is 2.31. The fourth-order valence-electron chi connectivity index (χ4n) is 4.43. The molecule has 3 aromatic carbocycles. The number of nitrogens with zero attached hydrogens (tertiary/aromatic N) is 3. The van der Waals surface area contributed by atoms with E-state index in [1.807, 2.05) is 49.4 Å². The molecule has 41 heavy (non-hydrogen) atoms. The number of hydrogen-bond donors (Lipinski definition) is 2. The van der Waals surface area contributed by atoms with E-state index in [1.165, 1.54) is 21.9 Å². The molecule has 1 aromatic heterocycles. The zero-order valence-electron chi connectivity index (χ0n) is 23.8. The number of aliphatic imine (C=N–C) groups is 1. The van der Waals surface area contributed by atoms with E-state index in [9.17, 15) is 8.78 Å². The highest BCUT2D eigenvalue weighted by Gasteiger charge is 2.29. The maximum absolute atomic E-state index is 14.1. The Bertz CT molecular complexity index is 1670. The Morgan fingerprint density at radius 2 is 1.71 bits per heavy atom. The molecule has 0 radical (unpaired) electrons. The average molecular weight is 572 g/mol. The van der Waals surface area contributed by atoms with Gasteiger partial charge in [0.2, 0.25) is 0 Å². The Balaban J connectivity index is 1.59. The van der Waals surface area contributed by atoms with E-state index in [-0.39, 0.29) is 5.69 Å². The van der Waals surface area contributed by atoms with Crippen LogP contribution in [0.4, 0.5) is 20.3 Å². The first kappa shape index (κ1) is 29.8. The molecule has 0 unspecified atom stereocenters. The van der Waals surface area contributed by atoms with Gasteiger partial charge in [-0.1, -0.05) is 69.1 Å². The molecule has 0 spiro atoms. The van der Waals surface area contributed by atoms with E-state index in [0.29, 0.717) is 17.3 Å². The zero-order chi connectivity index (χ0) is 29.6. The second-order valence-electron chi connectivity index (χ2n) is 9.59. The van der Waals surface area contributed by atoms with Crippen molar-refractivity contribution >= 4 is 41.1 Å². The highest BCUT2D eigenvalue weighted by molar-refractivity contribution is 8.07. The minimum absolute atomic E-state index is 0.336. The molecule has 5 nitrogen and oxygen atoms in total. The summed E-state index contributed by atoms with van der Waals surface area (Å²) in [5.41, 5.74) is 3.71. The van der Waals surface area contributed by atoms with Crippen LogP contribution in [0.25, 0.3) is 17.3 Å². The number of anilines is 2. The maximum atomic E-state index is 14.1. The second-order valence-corrected chi connectivity index (χ2v) is 10.6. The van der Waals surface area contributed by atoms with Gasteiger partial charge in [0.15, 0.2) is 0 Å². The van der Waals surface area contributed by atoms with Gasteiger partial charge in [-0.25, -0.2) is 4.68 Å². The Morgan fingerprint density at radius 3 is 2.37 bits per heavy atom. The van der Waals surface area contributed by atoms with Crippen LogP contribution in [0.5, 0.6) is 0 Å². The predicted molar refractivity (Wildman–Crippen MR) is 169 cm³/mol. The van der Waals surface area contributed by atoms with Gasteiger partial charge in [0, 0.05) is 35.0 Å². The first-order chi connectivity index (χ1) is 19.6. The van der Waals surface area contributed by atoms with Crippen LogP contribution in [-0.2, 0) is 18.8 Å². The number of aryl methyl sites for hydroxylation is 2. The Hall–Kier alpha value is -4.17. The minimum Gasteiger partial charge on any atom is -0.342 e. The summed E-state index contributed by atoms with van der Waals surface area (Å²) in [7, 11) is 0. The van der Waals surface area contributed by atoms with E-state index in [1.54, 1.807) is 30.1 Å². The largest absolute Gasteiger partial charge is 0.342 e. The summed E-state index contributed by atoms with van der Waals surface area (Å²) in [6, 6.07) is 22.7. The number of benzene rings is 3. The van der Waals surface area contributed by atoms with Gasteiger partial charge in [-0.3, -0.25) is 4.99 Å². The fraction of sp³-hybridized carbons (Fsp3) is 0.212. The quantitative estimate of drug-likeness (QED) is 0.145. The molecule has 0 fully saturated rings. The molecule has 0 atom stereocenters. The number of alkyl halides is 2. The van der Waals surface area contributed by atoms with Crippen LogP contribution in [0.1, 0.15) is 44.5 Å². The molecule has 0 bridgehead atoms. The third-order valence-electron chi connectivity index (χ3n) is 6.45. The first-order valence-corrected chi connectivity index (χ1v) is 14.3. The fourth-order valence-corrected chi connectivity index (χ4v) is 5.44. The summed E-state index contributed by atoms with van der Waals surface area (Å²) in [6.45, 7) is 15.4. The van der Waals surface area contributed by atoms with Crippen molar-refractivity contribution in [1.82, 2.24) is 9.78 Å². The van der Waals surface area contributed by atoms with Crippen molar-refractivity contribution < 1.29 is 8.78 Å². The number of thioether (sulfide) groups is 1. The minimum atomic E-state index is -3.09. The van der Waals surface area contributed by atoms with E-state index in [0.717, 1.165) is 45.8 Å². The molecule has 212 valence electrons. The topological polar surface area (TPSA) is 54.2 Å². The normalized spacial score (nSPS) is 12.4. The van der Waals surface area contributed by atoms with Crippen molar-refractivity contribution in [2.75, 3.05) is 10.6 Å². The van der Waals surface area contributed by atoms with Crippen molar-refractivity contribution in [2.45, 2.75) is 51.4 Å². The van der Waals surface area contributed by atoms with Gasteiger partial charge in [-0.05, 0) is 72.5 Å². The molecule has 4 rings (SSSR count). The Kier molecular flexibility index (Phi) is 9.45. The van der Waals surface area contributed by atoms with Gasteiger partial charge in [0.05, 0.1) is 5.69 Å². The van der Waals surface area contributed by atoms with Crippen molar-refractivity contribution in [3.8, 4) is 5.69 Å². The summed E-state index contributed by atoms with van der Waals surface area (Å²) in [5, 5.41) is 13.3. The molecule has 0 saturated carbocycles. The number of aromatic nitrogens is 2. The van der Waals surface area contributed by atoms with Crippen LogP contribution >= 0.6 is 11.8 Å². The molecule has 1 heterocycles. The molecule has 0 aliphatic heterocycles. The molecule has 0 saturated heterocycles. The summed E-state index contributed by atoms with van der Waals surface area (Å²) < 4.78 is 29.7. The van der Waals surface area contributed by atoms with Gasteiger partial charge in [0.25, 0.3) is 5.92 Å². The lowest BCUT2D eigenvalue weighted by molar-refractivity contribution is 0.0124. The van der Waals surface area contributed by atoms with E-state index >= 15 is 0 Å². The lowest BCUT2D eigenvalue weighted by Crippen LogP contribution is -2.26. The van der Waals surface area contributed by atoms with Crippen molar-refractivity contribution in [1.29, 1.82) is 0 Å². The van der Waals surface area contributed by atoms with Crippen molar-refractivity contribution in [3.05, 3.63) is 112 Å². The number of hydrogen-bond acceptors (Lipinski definition) is 5. The lowest BCUT2D eigenvalue weighted by Gasteiger charge is -2.14. The predicted octanol–water partition coefficient (Wildman–Crippen LogP) is 7.46. The number of para-hydroxylation sites is 1. The maximum Gasteiger partial charge on any atom is 0.288 e. The van der Waals surface area contributed by atoms with E-state index in [2.05, 4.69) is 59.9 Å². The molecule has 2 N–H and O–H groups in total. The van der Waals surface area contributed by atoms with Crippen LogP contribution in [0, 0.1) is 0 Å². The highest BCUT2D eigenvalue weighted by atomic mass is 32.2. The Labute approximate surface area is 244 Å². The number of rotatable bonds is 11. The number of halogens is 2. The zero-order valence-corrected chi connectivity index (χ0v) is 24.7. The molecule has 0 aliphatic rings. The Morgan fingerprint density at radius 1 is 1.00 bits per heavy atom. The van der Waals surface area contributed by atoms with Gasteiger partial charge < -0.3 is 10.6 Å². The third kappa shape index (κ3) is 7.32. The van der Waals surface area contributed by atoms with Crippen LogP contribution in [0.15, 0.2) is 95.1 Å². The molecule has 0 amide bonds. The van der Waals surface area contributed by atoms with E-state index < -0.39 is 5.92 Å². The monoisotopic (exact) mass is 571 g/mol. The van der Waals surface area contributed by atoms with Gasteiger partial charge in [-0.15, -0.1) is 0 Å². The molecule has 4 aromatic rings. The summed E-state index contributed by atoms with van der Waals surface area (Å²) in [6.07, 6.45) is 3.70. The van der Waals surface area contributed by atoms with E-state index in [4.69, 9.17) is 0 Å². The van der Waals surface area contributed by atoms with Crippen LogP contribution < -0.4 is 21.1 Å². The first-order valence-electron chi connectivity index (χ1n) is 13.5. The van der Waals surface area contributed by atoms with Gasteiger partial charge >= 0.3 is 0 Å². The van der Waals surface area contributed by atoms with Crippen molar-refractivity contribution in [3.63, 3.8) is 0 Å². The summed E-state index contributed by atoms with van der Waals surface area (Å²) >= 11 is 1.56. The van der Waals surface area contributed by atoms with Crippen molar-refractivity contribution in [2.24, 2.45) is 4.99 Å². The van der Waals surface area contributed by atoms with Crippen LogP contribution in [-0.4, -0.2) is 16.0 Å². The van der Waals surface area contributed by atoms with Crippen LogP contribution in [0.2, 0.25) is 0 Å². The standard InChI is InChI=1S/C33H35F2N5S/c1-7-24-18-22(4)29(19-25(24)8-2)32(36-9-3)41-28-17-13-14-26(20-28)37-23(5)38-31-21-30(33(6,34)35)39-40(31)27-15-11-10-12-16-27/h9-21,37-38H,4-5,7-8H2,1-3,6H3/b32-29+,36-9?. The molecular weight excluding hydrogens is 536 g/mol. The lowest BCUT2D eigenvalue weighted by atomic mass is 10.0. The molecule has 0 aliphatic carbocycles. The summed E-state index contributed by atoms with van der Waals surface area (Å²) in [5.74, 6) is -2.31. The summed E-state index contributed by atoms with van der Waals surface area (Å²) in [4.78, 5) is 5.66. The van der Waals surface area contributed by atoms with Gasteiger partial charge in [0.1, 0.15) is 22.4 Å². The van der Waals surface area contributed by atoms with Crippen LogP contribution in [0.3, 0.4) is 0 Å². The molecular formula is C33H35F2N5S. The molecule has 8 heteroatoms. The van der Waals surface area contributed by atoms with Gasteiger partial charge in [-0.2, -0.15) is 13.9 Å². The average Bonchev–Trinajstić information content (AvgIpc) is 3.37. The smallest absolute Gasteiger partial charge is 0.288 e. The third-order valence-corrected chi connectivity index (χ3v) is 7.45. The number of nitrogens with one attached hydrogen (secondary N) is 2.